The standard InChI is InChI=1S/C16H12O3/c17-13-6-5-10-7-12(16(19)14(10)9-13)8-11-3-1-2-4-15(11)18/h1-6,8-9,17-18H,7H2/b12-8+. The molecular weight excluding hydrogens is 240 g/mol. The Kier molecular flexibility index (Phi) is 2.60. The van der Waals surface area contributed by atoms with Crippen LogP contribution in [0.5, 0.6) is 11.5 Å². The predicted octanol–water partition coefficient (Wildman–Crippen LogP) is 2.92. The Labute approximate surface area is 110 Å². The number of hydrogen-bond donors (Lipinski definition) is 2. The summed E-state index contributed by atoms with van der Waals surface area (Å²) >= 11 is 0. The lowest BCUT2D eigenvalue weighted by Gasteiger charge is -1.99. The summed E-state index contributed by atoms with van der Waals surface area (Å²) in [5.41, 5.74) is 2.70. The lowest BCUT2D eigenvalue weighted by atomic mass is 10.1. The molecule has 0 aliphatic heterocycles. The fraction of sp³-hybridized carbons (Fsp3) is 0.0625. The van der Waals surface area contributed by atoms with E-state index in [2.05, 4.69) is 0 Å². The molecule has 3 heteroatoms. The van der Waals surface area contributed by atoms with Crippen LogP contribution in [0.3, 0.4) is 0 Å². The molecule has 0 radical (unpaired) electrons. The number of hydrogen-bond acceptors (Lipinski definition) is 3. The molecule has 2 aromatic carbocycles. The van der Waals surface area contributed by atoms with Gasteiger partial charge in [-0.1, -0.05) is 24.3 Å². The van der Waals surface area contributed by atoms with Crippen LogP contribution in [-0.2, 0) is 6.42 Å². The van der Waals surface area contributed by atoms with Gasteiger partial charge in [-0.05, 0) is 29.8 Å². The number of para-hydroxylation sites is 1. The molecule has 3 nitrogen and oxygen atoms in total. The van der Waals surface area contributed by atoms with Gasteiger partial charge in [0.1, 0.15) is 11.5 Å². The minimum atomic E-state index is -0.0887. The number of benzene rings is 2. The molecule has 0 bridgehead atoms. The largest absolute Gasteiger partial charge is 0.508 e. The number of phenols is 2. The number of Topliss-reactive ketones (excluding diaryl/α,β-unsaturated/α-hetero) is 1. The van der Waals surface area contributed by atoms with Crippen molar-refractivity contribution < 1.29 is 15.0 Å². The second-order valence-electron chi connectivity index (χ2n) is 4.58. The molecule has 0 fully saturated rings. The van der Waals surface area contributed by atoms with E-state index in [1.54, 1.807) is 36.4 Å². The summed E-state index contributed by atoms with van der Waals surface area (Å²) in [5.74, 6) is 0.159. The van der Waals surface area contributed by atoms with Gasteiger partial charge in [-0.25, -0.2) is 0 Å². The summed E-state index contributed by atoms with van der Waals surface area (Å²) in [6, 6.07) is 11.7. The van der Waals surface area contributed by atoms with E-state index in [9.17, 15) is 15.0 Å². The fourth-order valence-electron chi connectivity index (χ4n) is 2.30. The van der Waals surface area contributed by atoms with E-state index in [4.69, 9.17) is 0 Å². The van der Waals surface area contributed by atoms with Crippen LogP contribution in [0.2, 0.25) is 0 Å². The topological polar surface area (TPSA) is 57.5 Å². The third kappa shape index (κ3) is 1.99. The molecule has 1 aliphatic carbocycles. The van der Waals surface area contributed by atoms with E-state index in [0.717, 1.165) is 5.56 Å². The highest BCUT2D eigenvalue weighted by molar-refractivity contribution is 6.15. The lowest BCUT2D eigenvalue weighted by Crippen LogP contribution is -1.95. The van der Waals surface area contributed by atoms with Crippen LogP contribution in [0.4, 0.5) is 0 Å². The van der Waals surface area contributed by atoms with E-state index in [1.807, 2.05) is 6.07 Å². The molecule has 3 rings (SSSR count). The van der Waals surface area contributed by atoms with Crippen molar-refractivity contribution >= 4 is 11.9 Å². The van der Waals surface area contributed by atoms with Crippen LogP contribution in [-0.4, -0.2) is 16.0 Å². The van der Waals surface area contributed by atoms with Crippen molar-refractivity contribution in [2.45, 2.75) is 6.42 Å². The van der Waals surface area contributed by atoms with Gasteiger partial charge in [0.15, 0.2) is 5.78 Å². The molecular formula is C16H12O3. The summed E-state index contributed by atoms with van der Waals surface area (Å²) in [6.07, 6.45) is 2.23. The molecule has 19 heavy (non-hydrogen) atoms. The van der Waals surface area contributed by atoms with E-state index >= 15 is 0 Å². The van der Waals surface area contributed by atoms with Crippen molar-refractivity contribution in [1.29, 1.82) is 0 Å². The number of carbonyl (C=O) groups is 1. The molecule has 0 heterocycles. The van der Waals surface area contributed by atoms with Gasteiger partial charge in [-0.15, -0.1) is 0 Å². The quantitative estimate of drug-likeness (QED) is 0.767. The first kappa shape index (κ1) is 11.5. The van der Waals surface area contributed by atoms with Crippen molar-refractivity contribution in [2.75, 3.05) is 0 Å². The summed E-state index contributed by atoms with van der Waals surface area (Å²) in [5, 5.41) is 19.1. The molecule has 0 atom stereocenters. The van der Waals surface area contributed by atoms with Crippen LogP contribution in [0.25, 0.3) is 6.08 Å². The average Bonchev–Trinajstić information content (AvgIpc) is 2.70. The monoisotopic (exact) mass is 252 g/mol. The maximum Gasteiger partial charge on any atom is 0.189 e. The Morgan fingerprint density at radius 1 is 1.05 bits per heavy atom. The Morgan fingerprint density at radius 3 is 2.63 bits per heavy atom. The zero-order chi connectivity index (χ0) is 13.4. The van der Waals surface area contributed by atoms with Gasteiger partial charge in [0, 0.05) is 23.1 Å². The van der Waals surface area contributed by atoms with Crippen LogP contribution >= 0.6 is 0 Å². The molecule has 0 aromatic heterocycles. The van der Waals surface area contributed by atoms with Crippen molar-refractivity contribution in [3.8, 4) is 11.5 Å². The predicted molar refractivity (Wildman–Crippen MR) is 72.2 cm³/mol. The lowest BCUT2D eigenvalue weighted by molar-refractivity contribution is 0.104. The Balaban J connectivity index is 2.03. The van der Waals surface area contributed by atoms with Gasteiger partial charge < -0.3 is 10.2 Å². The Morgan fingerprint density at radius 2 is 1.84 bits per heavy atom. The van der Waals surface area contributed by atoms with Crippen LogP contribution in [0.15, 0.2) is 48.0 Å². The van der Waals surface area contributed by atoms with Crippen molar-refractivity contribution in [3.63, 3.8) is 0 Å². The smallest absolute Gasteiger partial charge is 0.189 e. The zero-order valence-electron chi connectivity index (χ0n) is 10.1. The minimum absolute atomic E-state index is 0.0887. The first-order valence-electron chi connectivity index (χ1n) is 6.00. The summed E-state index contributed by atoms with van der Waals surface area (Å²) in [7, 11) is 0. The number of fused-ring (bicyclic) bond motifs is 1. The molecule has 2 aromatic rings. The third-order valence-electron chi connectivity index (χ3n) is 3.28. The van der Waals surface area contributed by atoms with Crippen LogP contribution in [0.1, 0.15) is 21.5 Å². The van der Waals surface area contributed by atoms with Crippen molar-refractivity contribution in [2.24, 2.45) is 0 Å². The number of carbonyl (C=O) groups excluding carboxylic acids is 1. The highest BCUT2D eigenvalue weighted by atomic mass is 16.3. The number of ketones is 1. The maximum absolute atomic E-state index is 12.2. The molecule has 1 aliphatic rings. The second kappa shape index (κ2) is 4.28. The first-order valence-corrected chi connectivity index (χ1v) is 6.00. The van der Waals surface area contributed by atoms with E-state index < -0.39 is 0 Å². The normalized spacial score (nSPS) is 15.8. The van der Waals surface area contributed by atoms with E-state index in [1.165, 1.54) is 6.07 Å². The van der Waals surface area contributed by atoms with Gasteiger partial charge >= 0.3 is 0 Å². The fourth-order valence-corrected chi connectivity index (χ4v) is 2.30. The van der Waals surface area contributed by atoms with Crippen LogP contribution < -0.4 is 0 Å². The van der Waals surface area contributed by atoms with E-state index in [0.29, 0.717) is 23.1 Å². The zero-order valence-corrected chi connectivity index (χ0v) is 10.1. The highest BCUT2D eigenvalue weighted by Crippen LogP contribution is 2.31. The van der Waals surface area contributed by atoms with Crippen molar-refractivity contribution in [3.05, 3.63) is 64.7 Å². The van der Waals surface area contributed by atoms with Gasteiger partial charge in [0.25, 0.3) is 0 Å². The van der Waals surface area contributed by atoms with Gasteiger partial charge in [0.2, 0.25) is 0 Å². The molecule has 0 amide bonds. The first-order chi connectivity index (χ1) is 9.15. The van der Waals surface area contributed by atoms with Gasteiger partial charge in [0.05, 0.1) is 0 Å². The number of aromatic hydroxyl groups is 2. The van der Waals surface area contributed by atoms with Crippen LogP contribution in [0, 0.1) is 0 Å². The number of phenolic OH excluding ortho intramolecular Hbond substituents is 2. The van der Waals surface area contributed by atoms with Gasteiger partial charge in [-0.3, -0.25) is 4.79 Å². The maximum atomic E-state index is 12.2. The third-order valence-corrected chi connectivity index (χ3v) is 3.28. The molecule has 2 N–H and O–H groups in total. The summed E-state index contributed by atoms with van der Waals surface area (Å²) < 4.78 is 0. The Hall–Kier alpha value is -2.55. The highest BCUT2D eigenvalue weighted by Gasteiger charge is 2.25. The molecule has 0 unspecified atom stereocenters. The SMILES string of the molecule is O=C1/C(=C/c2ccccc2O)Cc2ccc(O)cc21. The number of rotatable bonds is 1. The molecule has 0 saturated carbocycles. The second-order valence-corrected chi connectivity index (χ2v) is 4.58. The Bertz CT molecular complexity index is 699. The molecule has 0 spiro atoms. The van der Waals surface area contributed by atoms with Gasteiger partial charge in [-0.2, -0.15) is 0 Å². The summed E-state index contributed by atoms with van der Waals surface area (Å²) in [4.78, 5) is 12.2. The molecule has 94 valence electrons. The average molecular weight is 252 g/mol. The minimum Gasteiger partial charge on any atom is -0.508 e. The van der Waals surface area contributed by atoms with E-state index in [-0.39, 0.29) is 17.3 Å². The molecule has 0 saturated heterocycles. The number of allylic oxidation sites excluding steroid dienone is 1. The van der Waals surface area contributed by atoms with Crippen molar-refractivity contribution in [1.82, 2.24) is 0 Å². The summed E-state index contributed by atoms with van der Waals surface area (Å²) in [6.45, 7) is 0.